The Morgan fingerprint density at radius 3 is 2.17 bits per heavy atom. The van der Waals surface area contributed by atoms with E-state index in [9.17, 15) is 0 Å². The molecule has 0 aliphatic heterocycles. The van der Waals surface area contributed by atoms with Gasteiger partial charge in [0.1, 0.15) is 0 Å². The predicted molar refractivity (Wildman–Crippen MR) is 79.5 cm³/mol. The summed E-state index contributed by atoms with van der Waals surface area (Å²) in [5, 5.41) is 0. The molecule has 2 aromatic carbocycles. The van der Waals surface area contributed by atoms with Crippen LogP contribution >= 0.6 is 0 Å². The summed E-state index contributed by atoms with van der Waals surface area (Å²) >= 11 is 0. The first-order valence-electron chi connectivity index (χ1n) is 6.51. The van der Waals surface area contributed by atoms with Crippen LogP contribution in [0.15, 0.2) is 60.7 Å². The van der Waals surface area contributed by atoms with Gasteiger partial charge in [-0.05, 0) is 29.5 Å². The number of hydrogen-bond acceptors (Lipinski definition) is 0. The van der Waals surface area contributed by atoms with Gasteiger partial charge in [-0.15, -0.1) is 0 Å². The molecule has 0 atom stereocenters. The number of rotatable bonds is 3. The van der Waals surface area contributed by atoms with Crippen LogP contribution in [0.1, 0.15) is 30.5 Å². The van der Waals surface area contributed by atoms with E-state index in [2.05, 4.69) is 81.4 Å². The highest BCUT2D eigenvalue weighted by atomic mass is 14.1. The van der Waals surface area contributed by atoms with Crippen LogP contribution < -0.4 is 0 Å². The summed E-state index contributed by atoms with van der Waals surface area (Å²) in [4.78, 5) is 0. The maximum Gasteiger partial charge on any atom is -0.0149 e. The van der Waals surface area contributed by atoms with Crippen molar-refractivity contribution in [3.8, 4) is 0 Å². The molecule has 0 aliphatic carbocycles. The van der Waals surface area contributed by atoms with Gasteiger partial charge in [-0.25, -0.2) is 0 Å². The minimum Gasteiger partial charge on any atom is -0.0735 e. The van der Waals surface area contributed by atoms with E-state index < -0.39 is 0 Å². The minimum atomic E-state index is 0.542. The monoisotopic (exact) mass is 236 g/mol. The van der Waals surface area contributed by atoms with Crippen LogP contribution in [0, 0.1) is 12.8 Å². The molecule has 0 aromatic heterocycles. The Hall–Kier alpha value is -1.82. The molecule has 0 radical (unpaired) electrons. The summed E-state index contributed by atoms with van der Waals surface area (Å²) < 4.78 is 0. The van der Waals surface area contributed by atoms with Crippen molar-refractivity contribution in [3.05, 3.63) is 77.4 Å². The molecule has 0 heteroatoms. The fourth-order valence-corrected chi connectivity index (χ4v) is 2.12. The maximum absolute atomic E-state index is 2.34. The van der Waals surface area contributed by atoms with Crippen LogP contribution in [0.2, 0.25) is 0 Å². The lowest BCUT2D eigenvalue weighted by molar-refractivity contribution is 0.833. The molecule has 0 saturated carbocycles. The second-order valence-electron chi connectivity index (χ2n) is 5.06. The second-order valence-corrected chi connectivity index (χ2v) is 5.06. The van der Waals surface area contributed by atoms with Gasteiger partial charge in [0.2, 0.25) is 0 Å². The predicted octanol–water partition coefficient (Wildman–Crippen LogP) is 5.08. The molecule has 0 aliphatic rings. The van der Waals surface area contributed by atoms with E-state index in [0.29, 0.717) is 5.92 Å². The van der Waals surface area contributed by atoms with Crippen molar-refractivity contribution in [2.75, 3.05) is 0 Å². The van der Waals surface area contributed by atoms with E-state index in [4.69, 9.17) is 0 Å². The first-order valence-corrected chi connectivity index (χ1v) is 6.51. The number of hydrogen-bond donors (Lipinski definition) is 0. The quantitative estimate of drug-likeness (QED) is 0.697. The molecule has 0 N–H and O–H groups in total. The van der Waals surface area contributed by atoms with Crippen LogP contribution in [-0.4, -0.2) is 0 Å². The Bertz CT molecular complexity index is 533. The lowest BCUT2D eigenvalue weighted by Crippen LogP contribution is -1.91. The molecule has 0 saturated heterocycles. The van der Waals surface area contributed by atoms with Crippen LogP contribution in [0.4, 0.5) is 0 Å². The number of benzene rings is 2. The molecule has 0 unspecified atom stereocenters. The Balaban J connectivity index is 2.51. The SMILES string of the molecule is Cc1cccc(C(=CC(C)C)c2ccccc2)c1. The third kappa shape index (κ3) is 3.10. The summed E-state index contributed by atoms with van der Waals surface area (Å²) in [6.45, 7) is 6.58. The van der Waals surface area contributed by atoms with Crippen LogP contribution in [-0.2, 0) is 0 Å². The minimum absolute atomic E-state index is 0.542. The zero-order valence-corrected chi connectivity index (χ0v) is 11.4. The first-order chi connectivity index (χ1) is 8.66. The number of allylic oxidation sites excluding steroid dienone is 1. The Morgan fingerprint density at radius 2 is 1.56 bits per heavy atom. The molecule has 0 spiro atoms. The third-order valence-corrected chi connectivity index (χ3v) is 2.91. The second kappa shape index (κ2) is 5.68. The van der Waals surface area contributed by atoms with Crippen molar-refractivity contribution in [1.82, 2.24) is 0 Å². The Labute approximate surface area is 110 Å². The van der Waals surface area contributed by atoms with E-state index >= 15 is 0 Å². The van der Waals surface area contributed by atoms with Gasteiger partial charge in [0.25, 0.3) is 0 Å². The van der Waals surface area contributed by atoms with Crippen molar-refractivity contribution >= 4 is 5.57 Å². The average molecular weight is 236 g/mol. The molecule has 0 amide bonds. The van der Waals surface area contributed by atoms with Gasteiger partial charge in [0, 0.05) is 0 Å². The lowest BCUT2D eigenvalue weighted by Gasteiger charge is -2.11. The van der Waals surface area contributed by atoms with E-state index in [0.717, 1.165) is 0 Å². The average Bonchev–Trinajstić information content (AvgIpc) is 2.37. The molecular weight excluding hydrogens is 216 g/mol. The van der Waals surface area contributed by atoms with Crippen molar-refractivity contribution < 1.29 is 0 Å². The van der Waals surface area contributed by atoms with Gasteiger partial charge in [-0.3, -0.25) is 0 Å². The summed E-state index contributed by atoms with van der Waals surface area (Å²) in [6, 6.07) is 19.3. The zero-order valence-electron chi connectivity index (χ0n) is 11.4. The molecular formula is C18H20. The molecule has 0 fully saturated rings. The van der Waals surface area contributed by atoms with Crippen LogP contribution in [0.3, 0.4) is 0 Å². The third-order valence-electron chi connectivity index (χ3n) is 2.91. The molecule has 92 valence electrons. The Morgan fingerprint density at radius 1 is 0.889 bits per heavy atom. The topological polar surface area (TPSA) is 0 Å². The molecule has 0 nitrogen and oxygen atoms in total. The highest BCUT2D eigenvalue weighted by Gasteiger charge is 2.05. The highest BCUT2D eigenvalue weighted by molar-refractivity contribution is 5.80. The van der Waals surface area contributed by atoms with Crippen molar-refractivity contribution in [2.45, 2.75) is 20.8 Å². The van der Waals surface area contributed by atoms with Crippen molar-refractivity contribution in [3.63, 3.8) is 0 Å². The van der Waals surface area contributed by atoms with Gasteiger partial charge in [0.05, 0.1) is 0 Å². The van der Waals surface area contributed by atoms with Crippen LogP contribution in [0.25, 0.3) is 5.57 Å². The molecule has 0 bridgehead atoms. The van der Waals surface area contributed by atoms with E-state index in [1.807, 2.05) is 0 Å². The standard InChI is InChI=1S/C18H20/c1-14(2)12-18(16-9-5-4-6-10-16)17-11-7-8-15(3)13-17/h4-14H,1-3H3. The summed E-state index contributed by atoms with van der Waals surface area (Å²) in [5.41, 5.74) is 5.22. The Kier molecular flexibility index (Phi) is 3.99. The maximum atomic E-state index is 2.34. The fourth-order valence-electron chi connectivity index (χ4n) is 2.12. The van der Waals surface area contributed by atoms with Crippen molar-refractivity contribution in [2.24, 2.45) is 5.92 Å². The van der Waals surface area contributed by atoms with Gasteiger partial charge in [0.15, 0.2) is 0 Å². The van der Waals surface area contributed by atoms with E-state index in [1.165, 1.54) is 22.3 Å². The van der Waals surface area contributed by atoms with Crippen molar-refractivity contribution in [1.29, 1.82) is 0 Å². The van der Waals surface area contributed by atoms with Crippen LogP contribution in [0.5, 0.6) is 0 Å². The molecule has 0 heterocycles. The summed E-state index contributed by atoms with van der Waals surface area (Å²) in [7, 11) is 0. The number of aryl methyl sites for hydroxylation is 1. The van der Waals surface area contributed by atoms with Gasteiger partial charge in [-0.2, -0.15) is 0 Å². The fraction of sp³-hybridized carbons (Fsp3) is 0.222. The zero-order chi connectivity index (χ0) is 13.0. The summed E-state index contributed by atoms with van der Waals surface area (Å²) in [5.74, 6) is 0.542. The lowest BCUT2D eigenvalue weighted by atomic mass is 9.94. The largest absolute Gasteiger partial charge is 0.0735 e. The molecule has 2 aromatic rings. The smallest absolute Gasteiger partial charge is 0.0149 e. The molecule has 18 heavy (non-hydrogen) atoms. The van der Waals surface area contributed by atoms with Gasteiger partial charge in [-0.1, -0.05) is 80.1 Å². The van der Waals surface area contributed by atoms with E-state index in [-0.39, 0.29) is 0 Å². The normalized spacial score (nSPS) is 11.9. The molecule has 2 rings (SSSR count). The summed E-state index contributed by atoms with van der Waals surface area (Å²) in [6.07, 6.45) is 2.34. The highest BCUT2D eigenvalue weighted by Crippen LogP contribution is 2.25. The van der Waals surface area contributed by atoms with Gasteiger partial charge < -0.3 is 0 Å². The van der Waals surface area contributed by atoms with Gasteiger partial charge >= 0.3 is 0 Å². The van der Waals surface area contributed by atoms with E-state index in [1.54, 1.807) is 0 Å². The first kappa shape index (κ1) is 12.6.